The van der Waals surface area contributed by atoms with E-state index in [1.807, 2.05) is 19.1 Å². The molecule has 0 aliphatic heterocycles. The number of pyridine rings is 1. The first-order chi connectivity index (χ1) is 8.63. The summed E-state index contributed by atoms with van der Waals surface area (Å²) in [7, 11) is 0. The maximum absolute atomic E-state index is 11.4. The van der Waals surface area contributed by atoms with Crippen molar-refractivity contribution in [2.75, 3.05) is 0 Å². The first-order valence-corrected chi connectivity index (χ1v) is 6.57. The van der Waals surface area contributed by atoms with Crippen molar-refractivity contribution in [3.8, 4) is 10.6 Å². The lowest BCUT2D eigenvalue weighted by Gasteiger charge is -2.06. The van der Waals surface area contributed by atoms with Crippen LogP contribution < -0.4 is 0 Å². The van der Waals surface area contributed by atoms with Crippen LogP contribution in [0, 0.1) is 6.92 Å². The van der Waals surface area contributed by atoms with E-state index >= 15 is 0 Å². The van der Waals surface area contributed by atoms with Crippen molar-refractivity contribution in [1.29, 1.82) is 0 Å². The molecule has 3 rings (SSSR count). The maximum Gasteiger partial charge on any atom is 0.315 e. The van der Waals surface area contributed by atoms with Crippen LogP contribution in [0.5, 0.6) is 0 Å². The molecule has 0 atom stereocenters. The third-order valence-corrected chi connectivity index (χ3v) is 4.73. The minimum Gasteiger partial charge on any atom is -0.481 e. The number of carboxylic acids is 1. The molecule has 4 nitrogen and oxygen atoms in total. The van der Waals surface area contributed by atoms with E-state index in [9.17, 15) is 9.90 Å². The topological polar surface area (TPSA) is 63.1 Å². The molecule has 0 radical (unpaired) electrons. The summed E-state index contributed by atoms with van der Waals surface area (Å²) in [6, 6.07) is 3.78. The summed E-state index contributed by atoms with van der Waals surface area (Å²) in [6.07, 6.45) is 4.88. The van der Waals surface area contributed by atoms with E-state index in [4.69, 9.17) is 0 Å². The lowest BCUT2D eigenvalue weighted by molar-refractivity contribution is -0.139. The van der Waals surface area contributed by atoms with Gasteiger partial charge in [0.05, 0.1) is 5.69 Å². The molecule has 0 aromatic carbocycles. The minimum atomic E-state index is -0.726. The van der Waals surface area contributed by atoms with Gasteiger partial charge in [0, 0.05) is 22.8 Å². The number of hydrogen-bond donors (Lipinski definition) is 1. The van der Waals surface area contributed by atoms with Crippen LogP contribution in [0.25, 0.3) is 10.6 Å². The molecule has 1 aliphatic rings. The molecule has 0 amide bonds. The second-order valence-electron chi connectivity index (χ2n) is 4.56. The lowest BCUT2D eigenvalue weighted by atomic mass is 10.0. The number of nitrogens with zero attached hydrogens (tertiary/aromatic N) is 2. The van der Waals surface area contributed by atoms with Crippen LogP contribution in [0.2, 0.25) is 0 Å². The highest BCUT2D eigenvalue weighted by Gasteiger charge is 2.54. The van der Waals surface area contributed by atoms with Gasteiger partial charge in [-0.2, -0.15) is 0 Å². The SMILES string of the molecule is Cc1nc(-c2ccncc2)sc1C1(C(=O)O)CC1. The molecule has 1 fully saturated rings. The van der Waals surface area contributed by atoms with Gasteiger partial charge in [-0.3, -0.25) is 9.78 Å². The van der Waals surface area contributed by atoms with Crippen LogP contribution in [0.1, 0.15) is 23.4 Å². The molecule has 1 aliphatic carbocycles. The summed E-state index contributed by atoms with van der Waals surface area (Å²) < 4.78 is 0. The monoisotopic (exact) mass is 260 g/mol. The number of hydrogen-bond acceptors (Lipinski definition) is 4. The molecular formula is C13H12N2O2S. The average molecular weight is 260 g/mol. The number of aromatic nitrogens is 2. The summed E-state index contributed by atoms with van der Waals surface area (Å²) >= 11 is 1.49. The lowest BCUT2D eigenvalue weighted by Crippen LogP contribution is -2.18. The highest BCUT2D eigenvalue weighted by atomic mass is 32.1. The van der Waals surface area contributed by atoms with E-state index in [-0.39, 0.29) is 0 Å². The van der Waals surface area contributed by atoms with Crippen LogP contribution in [0.15, 0.2) is 24.5 Å². The summed E-state index contributed by atoms with van der Waals surface area (Å²) in [5, 5.41) is 10.2. The molecular weight excluding hydrogens is 248 g/mol. The fraction of sp³-hybridized carbons (Fsp3) is 0.308. The first-order valence-electron chi connectivity index (χ1n) is 5.75. The maximum atomic E-state index is 11.4. The second-order valence-corrected chi connectivity index (χ2v) is 5.56. The third-order valence-electron chi connectivity index (χ3n) is 3.32. The van der Waals surface area contributed by atoms with Crippen LogP contribution in [-0.2, 0) is 10.2 Å². The van der Waals surface area contributed by atoms with Crippen LogP contribution in [0.3, 0.4) is 0 Å². The van der Waals surface area contributed by atoms with Gasteiger partial charge in [-0.05, 0) is 31.9 Å². The van der Waals surface area contributed by atoms with E-state index in [2.05, 4.69) is 9.97 Å². The van der Waals surface area contributed by atoms with E-state index in [0.717, 1.165) is 34.0 Å². The zero-order chi connectivity index (χ0) is 12.8. The Morgan fingerprint density at radius 2 is 2.06 bits per heavy atom. The van der Waals surface area contributed by atoms with Gasteiger partial charge in [-0.25, -0.2) is 4.98 Å². The molecule has 2 aromatic rings. The smallest absolute Gasteiger partial charge is 0.315 e. The molecule has 1 N–H and O–H groups in total. The summed E-state index contributed by atoms with van der Waals surface area (Å²) in [5.41, 5.74) is 1.17. The standard InChI is InChI=1S/C13H12N2O2S/c1-8-10(13(4-5-13)12(16)17)18-11(15-8)9-2-6-14-7-3-9/h2-3,6-7H,4-5H2,1H3,(H,16,17). The Bertz CT molecular complexity index is 603. The van der Waals surface area contributed by atoms with Crippen molar-refractivity contribution in [2.45, 2.75) is 25.2 Å². The van der Waals surface area contributed by atoms with Crippen LogP contribution >= 0.6 is 11.3 Å². The molecule has 18 heavy (non-hydrogen) atoms. The van der Waals surface area contributed by atoms with Crippen molar-refractivity contribution < 1.29 is 9.90 Å². The van der Waals surface area contributed by atoms with E-state index < -0.39 is 11.4 Å². The van der Waals surface area contributed by atoms with Crippen molar-refractivity contribution >= 4 is 17.3 Å². The first kappa shape index (κ1) is 11.3. The zero-order valence-corrected chi connectivity index (χ0v) is 10.7. The molecule has 0 unspecified atom stereocenters. The van der Waals surface area contributed by atoms with Gasteiger partial charge in [-0.15, -0.1) is 11.3 Å². The van der Waals surface area contributed by atoms with Gasteiger partial charge < -0.3 is 5.11 Å². The average Bonchev–Trinajstić information content (AvgIpc) is 3.09. The van der Waals surface area contributed by atoms with E-state index in [0.29, 0.717) is 0 Å². The largest absolute Gasteiger partial charge is 0.481 e. The molecule has 92 valence electrons. The zero-order valence-electron chi connectivity index (χ0n) is 9.88. The molecule has 0 bridgehead atoms. The van der Waals surface area contributed by atoms with Crippen molar-refractivity contribution in [1.82, 2.24) is 9.97 Å². The Kier molecular flexibility index (Phi) is 2.45. The number of rotatable bonds is 3. The molecule has 2 heterocycles. The predicted octanol–water partition coefficient (Wildman–Crippen LogP) is 2.63. The Morgan fingerprint density at radius 3 is 2.61 bits per heavy atom. The fourth-order valence-corrected chi connectivity index (χ4v) is 3.43. The number of carboxylic acid groups (broad SMARTS) is 1. The normalized spacial score (nSPS) is 16.5. The van der Waals surface area contributed by atoms with Crippen molar-refractivity contribution in [2.24, 2.45) is 0 Å². The molecule has 0 spiro atoms. The third kappa shape index (κ3) is 1.62. The van der Waals surface area contributed by atoms with Gasteiger partial charge in [0.15, 0.2) is 0 Å². The summed E-state index contributed by atoms with van der Waals surface area (Å²) in [6.45, 7) is 1.89. The van der Waals surface area contributed by atoms with Gasteiger partial charge in [0.2, 0.25) is 0 Å². The number of aryl methyl sites for hydroxylation is 1. The quantitative estimate of drug-likeness (QED) is 0.921. The number of aliphatic carboxylic acids is 1. The van der Waals surface area contributed by atoms with Gasteiger partial charge in [0.1, 0.15) is 10.4 Å². The molecule has 2 aromatic heterocycles. The summed E-state index contributed by atoms with van der Waals surface area (Å²) in [4.78, 5) is 20.7. The van der Waals surface area contributed by atoms with Crippen LogP contribution in [0.4, 0.5) is 0 Å². The van der Waals surface area contributed by atoms with Gasteiger partial charge in [-0.1, -0.05) is 0 Å². The Labute approximate surface area is 108 Å². The highest BCUT2D eigenvalue weighted by molar-refractivity contribution is 7.15. The highest BCUT2D eigenvalue weighted by Crippen LogP contribution is 2.52. The van der Waals surface area contributed by atoms with Gasteiger partial charge >= 0.3 is 5.97 Å². The molecule has 1 saturated carbocycles. The number of carbonyl (C=O) groups is 1. The molecule has 0 saturated heterocycles. The summed E-state index contributed by atoms with van der Waals surface area (Å²) in [5.74, 6) is -0.726. The molecule has 5 heteroatoms. The Balaban J connectivity index is 2.05. The van der Waals surface area contributed by atoms with Crippen LogP contribution in [-0.4, -0.2) is 21.0 Å². The van der Waals surface area contributed by atoms with Gasteiger partial charge in [0.25, 0.3) is 0 Å². The van der Waals surface area contributed by atoms with E-state index in [1.54, 1.807) is 12.4 Å². The second kappa shape index (κ2) is 3.88. The number of thiazole rings is 1. The van der Waals surface area contributed by atoms with Crippen molar-refractivity contribution in [3.63, 3.8) is 0 Å². The Morgan fingerprint density at radius 1 is 1.39 bits per heavy atom. The fourth-order valence-electron chi connectivity index (χ4n) is 2.12. The Hall–Kier alpha value is -1.75. The van der Waals surface area contributed by atoms with Crippen molar-refractivity contribution in [3.05, 3.63) is 35.1 Å². The predicted molar refractivity (Wildman–Crippen MR) is 68.6 cm³/mol. The minimum absolute atomic E-state index is 0.660. The van der Waals surface area contributed by atoms with E-state index in [1.165, 1.54) is 11.3 Å².